The molecule has 0 aromatic rings. The molecule has 0 aromatic carbocycles. The van der Waals surface area contributed by atoms with E-state index < -0.39 is 11.2 Å². The van der Waals surface area contributed by atoms with Gasteiger partial charge in [0.15, 0.2) is 0 Å². The minimum Gasteiger partial charge on any atom is -0.456 e. The Morgan fingerprint density at radius 1 is 0.708 bits per heavy atom. The van der Waals surface area contributed by atoms with Crippen molar-refractivity contribution in [3.8, 4) is 0 Å². The fourth-order valence-electron chi connectivity index (χ4n) is 5.17. The highest BCUT2D eigenvalue weighted by Gasteiger charge is 2.66. The summed E-state index contributed by atoms with van der Waals surface area (Å²) in [4.78, 5) is 24.0. The zero-order chi connectivity index (χ0) is 18.6. The Morgan fingerprint density at radius 3 is 1.17 bits per heavy atom. The Labute approximate surface area is 145 Å². The molecular formula is C20H30O4. The third kappa shape index (κ3) is 3.15. The van der Waals surface area contributed by atoms with Crippen molar-refractivity contribution in [3.05, 3.63) is 24.3 Å². The van der Waals surface area contributed by atoms with Crippen LogP contribution in [0.4, 0.5) is 0 Å². The van der Waals surface area contributed by atoms with E-state index in [2.05, 4.69) is 27.0 Å². The summed E-state index contributed by atoms with van der Waals surface area (Å²) in [7, 11) is 0. The smallest absolute Gasteiger partial charge is 0.333 e. The zero-order valence-corrected chi connectivity index (χ0v) is 15.9. The van der Waals surface area contributed by atoms with Gasteiger partial charge in [0.05, 0.1) is 0 Å². The van der Waals surface area contributed by atoms with Crippen LogP contribution in [0, 0.1) is 10.8 Å². The van der Waals surface area contributed by atoms with Gasteiger partial charge in [-0.25, -0.2) is 9.59 Å². The third-order valence-corrected chi connectivity index (χ3v) is 5.89. The van der Waals surface area contributed by atoms with Crippen molar-refractivity contribution in [1.29, 1.82) is 0 Å². The Bertz CT molecular complexity index is 547. The van der Waals surface area contributed by atoms with Crippen LogP contribution in [0.5, 0.6) is 0 Å². The summed E-state index contributed by atoms with van der Waals surface area (Å²) in [5.41, 5.74) is -0.270. The van der Waals surface area contributed by atoms with Crippen LogP contribution in [-0.4, -0.2) is 23.1 Å². The van der Waals surface area contributed by atoms with Crippen molar-refractivity contribution in [2.45, 2.75) is 78.4 Å². The first kappa shape index (κ1) is 18.8. The van der Waals surface area contributed by atoms with E-state index in [0.717, 1.165) is 25.7 Å². The SMILES string of the molecule is C=C(C)C(=O)OC1(C)CC2(C)CC(C)(OC(=O)C(=C)C)CC2(C)C1. The van der Waals surface area contributed by atoms with Crippen molar-refractivity contribution in [2.75, 3.05) is 0 Å². The molecule has 0 heterocycles. The molecule has 2 saturated carbocycles. The number of carbonyl (C=O) groups is 2. The van der Waals surface area contributed by atoms with Gasteiger partial charge in [0.25, 0.3) is 0 Å². The number of esters is 2. The monoisotopic (exact) mass is 334 g/mol. The molecule has 134 valence electrons. The largest absolute Gasteiger partial charge is 0.456 e. The molecule has 2 fully saturated rings. The molecule has 0 N–H and O–H groups in total. The summed E-state index contributed by atoms with van der Waals surface area (Å²) in [5, 5.41) is 0. The van der Waals surface area contributed by atoms with Crippen LogP contribution >= 0.6 is 0 Å². The van der Waals surface area contributed by atoms with E-state index in [1.807, 2.05) is 13.8 Å². The maximum Gasteiger partial charge on any atom is 0.333 e. The fourth-order valence-corrected chi connectivity index (χ4v) is 5.17. The second kappa shape index (κ2) is 5.47. The van der Waals surface area contributed by atoms with Gasteiger partial charge in [0.2, 0.25) is 0 Å². The van der Waals surface area contributed by atoms with Crippen molar-refractivity contribution in [2.24, 2.45) is 10.8 Å². The molecular weight excluding hydrogens is 304 g/mol. The highest BCUT2D eigenvalue weighted by Crippen LogP contribution is 2.69. The minimum absolute atomic E-state index is 0.0544. The standard InChI is InChI=1S/C20H30O4/c1-13(2)15(21)23-19(7)9-17(5)11-20(8,12-18(17,6)10-19)24-16(22)14(3)4/h1,3,9-12H2,2,4-8H3. The molecule has 2 rings (SSSR count). The van der Waals surface area contributed by atoms with E-state index in [0.29, 0.717) is 11.1 Å². The first-order valence-electron chi connectivity index (χ1n) is 8.51. The lowest BCUT2D eigenvalue weighted by molar-refractivity contribution is -0.156. The normalized spacial score (nSPS) is 40.8. The van der Waals surface area contributed by atoms with Gasteiger partial charge in [-0.05, 0) is 64.2 Å². The molecule has 2 aliphatic rings. The molecule has 0 aromatic heterocycles. The summed E-state index contributed by atoms with van der Waals surface area (Å²) in [6.07, 6.45) is 3.04. The summed E-state index contributed by atoms with van der Waals surface area (Å²) in [5.74, 6) is -0.665. The van der Waals surface area contributed by atoms with E-state index in [4.69, 9.17) is 9.47 Å². The molecule has 0 saturated heterocycles. The van der Waals surface area contributed by atoms with Gasteiger partial charge >= 0.3 is 11.9 Å². The predicted molar refractivity (Wildman–Crippen MR) is 93.3 cm³/mol. The van der Waals surface area contributed by atoms with Crippen LogP contribution in [0.3, 0.4) is 0 Å². The lowest BCUT2D eigenvalue weighted by atomic mass is 9.71. The summed E-state index contributed by atoms with van der Waals surface area (Å²) in [6.45, 7) is 19.1. The average molecular weight is 334 g/mol. The molecule has 0 radical (unpaired) electrons. The van der Waals surface area contributed by atoms with E-state index in [1.54, 1.807) is 13.8 Å². The van der Waals surface area contributed by atoms with Crippen molar-refractivity contribution < 1.29 is 19.1 Å². The van der Waals surface area contributed by atoms with Gasteiger partial charge in [-0.15, -0.1) is 0 Å². The Balaban J connectivity index is 2.19. The quantitative estimate of drug-likeness (QED) is 0.567. The minimum atomic E-state index is -0.501. The van der Waals surface area contributed by atoms with Crippen LogP contribution in [-0.2, 0) is 19.1 Å². The molecule has 0 spiro atoms. The first-order valence-corrected chi connectivity index (χ1v) is 8.51. The second-order valence-corrected chi connectivity index (χ2v) is 9.07. The Hall–Kier alpha value is -1.58. The summed E-state index contributed by atoms with van der Waals surface area (Å²) >= 11 is 0. The Kier molecular flexibility index (Phi) is 4.27. The highest BCUT2D eigenvalue weighted by atomic mass is 16.6. The third-order valence-electron chi connectivity index (χ3n) is 5.89. The number of hydrogen-bond acceptors (Lipinski definition) is 4. The average Bonchev–Trinajstić information content (AvgIpc) is 2.64. The van der Waals surface area contributed by atoms with E-state index >= 15 is 0 Å². The van der Waals surface area contributed by atoms with Gasteiger partial charge in [0, 0.05) is 11.1 Å². The van der Waals surface area contributed by atoms with Crippen LogP contribution < -0.4 is 0 Å². The number of rotatable bonds is 4. The second-order valence-electron chi connectivity index (χ2n) is 9.07. The molecule has 0 bridgehead atoms. The van der Waals surface area contributed by atoms with Crippen molar-refractivity contribution in [1.82, 2.24) is 0 Å². The van der Waals surface area contributed by atoms with Gasteiger partial charge < -0.3 is 9.47 Å². The highest BCUT2D eigenvalue weighted by molar-refractivity contribution is 5.87. The Morgan fingerprint density at radius 2 is 0.958 bits per heavy atom. The lowest BCUT2D eigenvalue weighted by Crippen LogP contribution is -2.35. The van der Waals surface area contributed by atoms with Gasteiger partial charge in [0.1, 0.15) is 11.2 Å². The number of hydrogen-bond donors (Lipinski definition) is 0. The number of ether oxygens (including phenoxy) is 2. The predicted octanol–water partition coefficient (Wildman–Crippen LogP) is 4.34. The first-order chi connectivity index (χ1) is 10.7. The van der Waals surface area contributed by atoms with E-state index in [9.17, 15) is 9.59 Å². The molecule has 0 atom stereocenters. The molecule has 2 aliphatic carbocycles. The number of fused-ring (bicyclic) bond motifs is 1. The van der Waals surface area contributed by atoms with E-state index in [-0.39, 0.29) is 22.8 Å². The van der Waals surface area contributed by atoms with Gasteiger partial charge in [-0.2, -0.15) is 0 Å². The lowest BCUT2D eigenvalue weighted by Gasteiger charge is -2.32. The van der Waals surface area contributed by atoms with Crippen LogP contribution in [0.15, 0.2) is 24.3 Å². The van der Waals surface area contributed by atoms with Crippen molar-refractivity contribution >= 4 is 11.9 Å². The molecule has 24 heavy (non-hydrogen) atoms. The van der Waals surface area contributed by atoms with Gasteiger partial charge in [-0.3, -0.25) is 0 Å². The molecule has 4 nitrogen and oxygen atoms in total. The summed E-state index contributed by atoms with van der Waals surface area (Å²) < 4.78 is 11.5. The summed E-state index contributed by atoms with van der Waals surface area (Å²) in [6, 6.07) is 0. The maximum atomic E-state index is 12.0. The molecule has 0 unspecified atom stereocenters. The van der Waals surface area contributed by atoms with Gasteiger partial charge in [-0.1, -0.05) is 27.0 Å². The van der Waals surface area contributed by atoms with Crippen LogP contribution in [0.1, 0.15) is 67.2 Å². The molecule has 0 amide bonds. The molecule has 0 aliphatic heterocycles. The van der Waals surface area contributed by atoms with E-state index in [1.165, 1.54) is 0 Å². The van der Waals surface area contributed by atoms with Crippen molar-refractivity contribution in [3.63, 3.8) is 0 Å². The topological polar surface area (TPSA) is 52.6 Å². The molecule has 4 heteroatoms. The maximum absolute atomic E-state index is 12.0. The van der Waals surface area contributed by atoms with Crippen LogP contribution in [0.2, 0.25) is 0 Å². The fraction of sp³-hybridized carbons (Fsp3) is 0.700. The van der Waals surface area contributed by atoms with Crippen LogP contribution in [0.25, 0.3) is 0 Å². The zero-order valence-electron chi connectivity index (χ0n) is 15.9. The number of carbonyl (C=O) groups excluding carboxylic acids is 2.